The predicted octanol–water partition coefficient (Wildman–Crippen LogP) is 4.18. The molecule has 138 valence electrons. The molecule has 0 unspecified atom stereocenters. The highest BCUT2D eigenvalue weighted by Crippen LogP contribution is 2.15. The zero-order valence-corrected chi connectivity index (χ0v) is 14.7. The molecule has 0 spiro atoms. The molecular weight excluding hydrogens is 340 g/mol. The first-order chi connectivity index (χ1) is 12.3. The van der Waals surface area contributed by atoms with E-state index < -0.39 is 6.61 Å². The van der Waals surface area contributed by atoms with Crippen LogP contribution in [0.5, 0.6) is 5.75 Å². The third kappa shape index (κ3) is 5.95. The minimum Gasteiger partial charge on any atom is -0.435 e. The molecule has 6 heteroatoms. The van der Waals surface area contributed by atoms with Crippen LogP contribution in [0, 0.1) is 13.8 Å². The second kappa shape index (κ2) is 9.08. The summed E-state index contributed by atoms with van der Waals surface area (Å²) in [6.45, 7) is 1.18. The van der Waals surface area contributed by atoms with Crippen molar-refractivity contribution in [3.8, 4) is 5.75 Å². The van der Waals surface area contributed by atoms with Gasteiger partial charge in [0.05, 0.1) is 0 Å². The van der Waals surface area contributed by atoms with E-state index in [-0.39, 0.29) is 36.8 Å². The van der Waals surface area contributed by atoms with Gasteiger partial charge >= 0.3 is 6.61 Å². The number of amides is 1. The van der Waals surface area contributed by atoms with Crippen LogP contribution in [0.2, 0.25) is 0 Å². The van der Waals surface area contributed by atoms with E-state index in [1.165, 1.54) is 12.1 Å². The third-order valence-electron chi connectivity index (χ3n) is 3.91. The van der Waals surface area contributed by atoms with E-state index in [0.29, 0.717) is 5.56 Å². The Bertz CT molecular complexity index is 773. The smallest absolute Gasteiger partial charge is 0.387 e. The van der Waals surface area contributed by atoms with Gasteiger partial charge < -0.3 is 10.1 Å². The number of carbonyl (C=O) groups is 2. The molecule has 0 aliphatic carbocycles. The summed E-state index contributed by atoms with van der Waals surface area (Å²) in [4.78, 5) is 24.2. The van der Waals surface area contributed by atoms with E-state index in [1.54, 1.807) is 12.1 Å². The van der Waals surface area contributed by atoms with Crippen LogP contribution in [0.3, 0.4) is 0 Å². The lowest BCUT2D eigenvalue weighted by molar-refractivity contribution is -0.121. The first-order valence-corrected chi connectivity index (χ1v) is 8.26. The summed E-state index contributed by atoms with van der Waals surface area (Å²) in [5, 5.41) is 2.71. The van der Waals surface area contributed by atoms with Crippen LogP contribution in [-0.4, -0.2) is 18.3 Å². The fraction of sp³-hybridized carbons (Fsp3) is 0.300. The number of hydrogen-bond acceptors (Lipinski definition) is 3. The van der Waals surface area contributed by atoms with Crippen LogP contribution < -0.4 is 10.1 Å². The normalized spacial score (nSPS) is 10.7. The number of hydrogen-bond donors (Lipinski definition) is 1. The zero-order chi connectivity index (χ0) is 19.1. The van der Waals surface area contributed by atoms with Crippen LogP contribution in [0.15, 0.2) is 42.5 Å². The molecule has 2 aromatic carbocycles. The SMILES string of the molecule is Cc1ccc(C)c(C(=O)CCC(=O)NCc2ccc(OC(F)F)cc2)c1. The maximum Gasteiger partial charge on any atom is 0.387 e. The second-order valence-electron chi connectivity index (χ2n) is 6.04. The fourth-order valence-corrected chi connectivity index (χ4v) is 2.48. The number of ether oxygens (including phenoxy) is 1. The minimum atomic E-state index is -2.87. The number of halogens is 2. The number of benzene rings is 2. The van der Waals surface area contributed by atoms with E-state index >= 15 is 0 Å². The highest BCUT2D eigenvalue weighted by molar-refractivity contribution is 5.99. The Balaban J connectivity index is 1.80. The minimum absolute atomic E-state index is 0.0603. The summed E-state index contributed by atoms with van der Waals surface area (Å²) in [7, 11) is 0. The lowest BCUT2D eigenvalue weighted by Gasteiger charge is -2.08. The Labute approximate surface area is 151 Å². The molecule has 1 amide bonds. The molecule has 0 aliphatic heterocycles. The van der Waals surface area contributed by atoms with E-state index in [2.05, 4.69) is 10.1 Å². The maximum atomic E-state index is 12.3. The Morgan fingerprint density at radius 3 is 2.38 bits per heavy atom. The van der Waals surface area contributed by atoms with Gasteiger partial charge in [0.2, 0.25) is 5.91 Å². The van der Waals surface area contributed by atoms with Crippen molar-refractivity contribution >= 4 is 11.7 Å². The van der Waals surface area contributed by atoms with Crippen molar-refractivity contribution in [1.29, 1.82) is 0 Å². The quantitative estimate of drug-likeness (QED) is 0.718. The number of nitrogens with one attached hydrogen (secondary N) is 1. The summed E-state index contributed by atoms with van der Waals surface area (Å²) < 4.78 is 28.4. The number of rotatable bonds is 8. The average molecular weight is 361 g/mol. The van der Waals surface area contributed by atoms with Gasteiger partial charge in [-0.1, -0.05) is 29.8 Å². The standard InChI is InChI=1S/C20H21F2NO3/c1-13-3-4-14(2)17(11-13)18(24)9-10-19(25)23-12-15-5-7-16(8-6-15)26-20(21)22/h3-8,11,20H,9-10,12H2,1-2H3,(H,23,25). The van der Waals surface area contributed by atoms with E-state index in [0.717, 1.165) is 16.7 Å². The third-order valence-corrected chi connectivity index (χ3v) is 3.91. The molecule has 0 bridgehead atoms. The molecule has 0 heterocycles. The van der Waals surface area contributed by atoms with Gasteiger partial charge in [-0.15, -0.1) is 0 Å². The van der Waals surface area contributed by atoms with Gasteiger partial charge in [-0.25, -0.2) is 0 Å². The van der Waals surface area contributed by atoms with Gasteiger partial charge in [0.25, 0.3) is 0 Å². The number of aryl methyl sites for hydroxylation is 2. The molecule has 0 aliphatic rings. The van der Waals surface area contributed by atoms with Crippen molar-refractivity contribution in [1.82, 2.24) is 5.32 Å². The molecule has 0 aromatic heterocycles. The molecule has 26 heavy (non-hydrogen) atoms. The van der Waals surface area contributed by atoms with E-state index in [4.69, 9.17) is 0 Å². The van der Waals surface area contributed by atoms with Gasteiger partial charge in [0, 0.05) is 24.9 Å². The largest absolute Gasteiger partial charge is 0.435 e. The Morgan fingerprint density at radius 1 is 1.04 bits per heavy atom. The molecule has 0 radical (unpaired) electrons. The number of ketones is 1. The molecule has 2 aromatic rings. The Kier molecular flexibility index (Phi) is 6.83. The van der Waals surface area contributed by atoms with Gasteiger partial charge in [-0.2, -0.15) is 8.78 Å². The number of alkyl halides is 2. The first kappa shape index (κ1) is 19.6. The highest BCUT2D eigenvalue weighted by Gasteiger charge is 2.12. The summed E-state index contributed by atoms with van der Waals surface area (Å²) in [6.07, 6.45) is 0.232. The van der Waals surface area contributed by atoms with Crippen LogP contribution in [-0.2, 0) is 11.3 Å². The maximum absolute atomic E-state index is 12.3. The van der Waals surface area contributed by atoms with Gasteiger partial charge in [0.1, 0.15) is 5.75 Å². The van der Waals surface area contributed by atoms with E-state index in [9.17, 15) is 18.4 Å². The predicted molar refractivity (Wildman–Crippen MR) is 94.4 cm³/mol. The van der Waals surface area contributed by atoms with Crippen molar-refractivity contribution < 1.29 is 23.1 Å². The molecule has 0 saturated carbocycles. The van der Waals surface area contributed by atoms with Crippen molar-refractivity contribution in [2.24, 2.45) is 0 Å². The van der Waals surface area contributed by atoms with Crippen LogP contribution in [0.25, 0.3) is 0 Å². The van der Waals surface area contributed by atoms with Crippen LogP contribution in [0.4, 0.5) is 8.78 Å². The molecule has 0 atom stereocenters. The average Bonchev–Trinajstić information content (AvgIpc) is 2.60. The first-order valence-electron chi connectivity index (χ1n) is 8.26. The van der Waals surface area contributed by atoms with Gasteiger partial charge in [-0.3, -0.25) is 9.59 Å². The monoisotopic (exact) mass is 361 g/mol. The van der Waals surface area contributed by atoms with Crippen LogP contribution >= 0.6 is 0 Å². The van der Waals surface area contributed by atoms with Crippen molar-refractivity contribution in [2.45, 2.75) is 39.8 Å². The van der Waals surface area contributed by atoms with Crippen molar-refractivity contribution in [3.63, 3.8) is 0 Å². The Hall–Kier alpha value is -2.76. The van der Waals surface area contributed by atoms with Crippen molar-refractivity contribution in [2.75, 3.05) is 0 Å². The highest BCUT2D eigenvalue weighted by atomic mass is 19.3. The molecular formula is C20H21F2NO3. The van der Waals surface area contributed by atoms with Gasteiger partial charge in [0.15, 0.2) is 5.78 Å². The molecule has 1 N–H and O–H groups in total. The lowest BCUT2D eigenvalue weighted by atomic mass is 9.99. The van der Waals surface area contributed by atoms with Gasteiger partial charge in [-0.05, 0) is 43.2 Å². The van der Waals surface area contributed by atoms with Crippen molar-refractivity contribution in [3.05, 3.63) is 64.7 Å². The Morgan fingerprint density at radius 2 is 1.73 bits per heavy atom. The summed E-state index contributed by atoms with van der Waals surface area (Å²) >= 11 is 0. The summed E-state index contributed by atoms with van der Waals surface area (Å²) in [6, 6.07) is 11.7. The lowest BCUT2D eigenvalue weighted by Crippen LogP contribution is -2.23. The second-order valence-corrected chi connectivity index (χ2v) is 6.04. The molecule has 0 saturated heterocycles. The topological polar surface area (TPSA) is 55.4 Å². The molecule has 4 nitrogen and oxygen atoms in total. The fourth-order valence-electron chi connectivity index (χ4n) is 2.48. The van der Waals surface area contributed by atoms with Crippen LogP contribution in [0.1, 0.15) is 39.9 Å². The molecule has 0 fully saturated rings. The number of Topliss-reactive ketones (excluding diaryl/α,β-unsaturated/α-hetero) is 1. The van der Waals surface area contributed by atoms with E-state index in [1.807, 2.05) is 32.0 Å². The number of carbonyl (C=O) groups excluding carboxylic acids is 2. The summed E-state index contributed by atoms with van der Waals surface area (Å²) in [5.74, 6) is -0.236. The zero-order valence-electron chi connectivity index (χ0n) is 14.7. The summed E-state index contributed by atoms with van der Waals surface area (Å²) in [5.41, 5.74) is 3.29. The molecule has 2 rings (SSSR count).